The molecule has 0 radical (unpaired) electrons. The van der Waals surface area contributed by atoms with Gasteiger partial charge >= 0.3 is 0 Å². The highest BCUT2D eigenvalue weighted by atomic mass is 32.2. The SMILES string of the molecule is CCNCCN(CC)C(=O)COCC1CSCCN1S(=O)(=O)c1c(C)cc(OC)cc1C. The van der Waals surface area contributed by atoms with Crippen molar-refractivity contribution in [3.8, 4) is 5.75 Å². The van der Waals surface area contributed by atoms with Crippen LogP contribution >= 0.6 is 11.8 Å². The lowest BCUT2D eigenvalue weighted by Gasteiger charge is -2.35. The first kappa shape index (κ1) is 26.9. The van der Waals surface area contributed by atoms with Gasteiger partial charge in [0.1, 0.15) is 12.4 Å². The van der Waals surface area contributed by atoms with Crippen LogP contribution in [0.2, 0.25) is 0 Å². The average Bonchev–Trinajstić information content (AvgIpc) is 2.76. The Labute approximate surface area is 197 Å². The molecule has 1 amide bonds. The number of ether oxygens (including phenoxy) is 2. The van der Waals surface area contributed by atoms with Crippen LogP contribution in [0, 0.1) is 13.8 Å². The van der Waals surface area contributed by atoms with E-state index in [0.717, 1.165) is 18.8 Å². The molecule has 0 bridgehead atoms. The smallest absolute Gasteiger partial charge is 0.248 e. The fourth-order valence-electron chi connectivity index (χ4n) is 3.86. The Kier molecular flexibility index (Phi) is 10.8. The van der Waals surface area contributed by atoms with Gasteiger partial charge in [0.25, 0.3) is 0 Å². The maximum atomic E-state index is 13.6. The molecule has 1 aliphatic rings. The predicted molar refractivity (Wildman–Crippen MR) is 129 cm³/mol. The van der Waals surface area contributed by atoms with E-state index in [2.05, 4.69) is 5.32 Å². The molecule has 0 aliphatic carbocycles. The number of thioether (sulfide) groups is 1. The Bertz CT molecular complexity index is 840. The average molecular weight is 488 g/mol. The van der Waals surface area contributed by atoms with Crippen LogP contribution in [0.25, 0.3) is 0 Å². The number of carbonyl (C=O) groups excluding carboxylic acids is 1. The number of sulfonamides is 1. The van der Waals surface area contributed by atoms with Gasteiger partial charge in [-0.3, -0.25) is 4.79 Å². The van der Waals surface area contributed by atoms with E-state index in [1.165, 1.54) is 0 Å². The number of carbonyl (C=O) groups is 1. The van der Waals surface area contributed by atoms with Crippen LogP contribution in [0.3, 0.4) is 0 Å². The highest BCUT2D eigenvalue weighted by Crippen LogP contribution is 2.31. The topological polar surface area (TPSA) is 88.2 Å². The normalized spacial score (nSPS) is 17.3. The first-order valence-electron chi connectivity index (χ1n) is 11.1. The maximum absolute atomic E-state index is 13.6. The number of amides is 1. The van der Waals surface area contributed by atoms with E-state index in [0.29, 0.717) is 47.2 Å². The Balaban J connectivity index is 2.07. The highest BCUT2D eigenvalue weighted by molar-refractivity contribution is 7.99. The minimum absolute atomic E-state index is 0.0460. The van der Waals surface area contributed by atoms with E-state index in [1.807, 2.05) is 13.8 Å². The van der Waals surface area contributed by atoms with Gasteiger partial charge in [-0.25, -0.2) is 8.42 Å². The van der Waals surface area contributed by atoms with Crippen LogP contribution in [0.1, 0.15) is 25.0 Å². The lowest BCUT2D eigenvalue weighted by molar-refractivity contribution is -0.136. The summed E-state index contributed by atoms with van der Waals surface area (Å²) in [5, 5.41) is 3.21. The Hall–Kier alpha value is -1.33. The molecule has 1 unspecified atom stereocenters. The van der Waals surface area contributed by atoms with Gasteiger partial charge in [0, 0.05) is 37.7 Å². The summed E-state index contributed by atoms with van der Waals surface area (Å²) in [5.41, 5.74) is 1.32. The molecule has 182 valence electrons. The van der Waals surface area contributed by atoms with E-state index in [1.54, 1.807) is 54.1 Å². The van der Waals surface area contributed by atoms with Gasteiger partial charge in [0.2, 0.25) is 15.9 Å². The van der Waals surface area contributed by atoms with Gasteiger partial charge in [-0.2, -0.15) is 16.1 Å². The summed E-state index contributed by atoms with van der Waals surface area (Å²) in [6, 6.07) is 3.18. The van der Waals surface area contributed by atoms with Gasteiger partial charge in [0.15, 0.2) is 0 Å². The first-order valence-corrected chi connectivity index (χ1v) is 13.7. The molecule has 8 nitrogen and oxygen atoms in total. The minimum atomic E-state index is -3.70. The van der Waals surface area contributed by atoms with Crippen molar-refractivity contribution in [2.24, 2.45) is 0 Å². The number of nitrogens with zero attached hydrogens (tertiary/aromatic N) is 2. The molecule has 10 heteroatoms. The monoisotopic (exact) mass is 487 g/mol. The van der Waals surface area contributed by atoms with Crippen molar-refractivity contribution < 1.29 is 22.7 Å². The number of aryl methyl sites for hydroxylation is 2. The fourth-order valence-corrected chi connectivity index (χ4v) is 7.14. The fraction of sp³-hybridized carbons (Fsp3) is 0.682. The molecule has 2 rings (SSSR count). The van der Waals surface area contributed by atoms with E-state index >= 15 is 0 Å². The van der Waals surface area contributed by atoms with Crippen molar-refractivity contribution in [3.05, 3.63) is 23.3 Å². The van der Waals surface area contributed by atoms with Crippen LogP contribution in [-0.4, -0.2) is 94.1 Å². The molecular weight excluding hydrogens is 450 g/mol. The molecular formula is C22H37N3O5S2. The third-order valence-corrected chi connectivity index (χ3v) is 8.84. The molecule has 1 N–H and O–H groups in total. The number of methoxy groups -OCH3 is 1. The molecule has 1 atom stereocenters. The standard InChI is InChI=1S/C22H37N3O5S2/c1-6-23-8-9-24(7-2)21(26)15-30-14-19-16-31-11-10-25(19)32(27,28)22-17(3)12-20(29-5)13-18(22)4/h12-13,19,23H,6-11,14-16H2,1-5H3. The van der Waals surface area contributed by atoms with Crippen molar-refractivity contribution in [2.45, 2.75) is 38.6 Å². The number of hydrogen-bond donors (Lipinski definition) is 1. The van der Waals surface area contributed by atoms with Gasteiger partial charge in [-0.05, 0) is 50.6 Å². The van der Waals surface area contributed by atoms with Crippen LogP contribution in [0.15, 0.2) is 17.0 Å². The van der Waals surface area contributed by atoms with Crippen molar-refractivity contribution >= 4 is 27.7 Å². The molecule has 1 heterocycles. The third-order valence-electron chi connectivity index (χ3n) is 5.49. The molecule has 1 saturated heterocycles. The van der Waals surface area contributed by atoms with E-state index in [9.17, 15) is 13.2 Å². The third kappa shape index (κ3) is 6.84. The molecule has 0 aromatic heterocycles. The summed E-state index contributed by atoms with van der Waals surface area (Å²) in [4.78, 5) is 14.6. The van der Waals surface area contributed by atoms with Crippen LogP contribution in [0.4, 0.5) is 0 Å². The van der Waals surface area contributed by atoms with Gasteiger partial charge in [-0.15, -0.1) is 0 Å². The quantitative estimate of drug-likeness (QED) is 0.451. The predicted octanol–water partition coefficient (Wildman–Crippen LogP) is 1.89. The van der Waals surface area contributed by atoms with Crippen molar-refractivity contribution in [1.82, 2.24) is 14.5 Å². The molecule has 32 heavy (non-hydrogen) atoms. The maximum Gasteiger partial charge on any atom is 0.248 e. The Morgan fingerprint density at radius 2 is 1.97 bits per heavy atom. The number of nitrogens with one attached hydrogen (secondary N) is 1. The molecule has 1 aromatic carbocycles. The molecule has 0 spiro atoms. The van der Waals surface area contributed by atoms with E-state index < -0.39 is 10.0 Å². The van der Waals surface area contributed by atoms with Crippen LogP contribution in [-0.2, 0) is 19.6 Å². The van der Waals surface area contributed by atoms with Gasteiger partial charge in [-0.1, -0.05) is 6.92 Å². The molecule has 0 saturated carbocycles. The molecule has 1 fully saturated rings. The van der Waals surface area contributed by atoms with Crippen LogP contribution in [0.5, 0.6) is 5.75 Å². The Morgan fingerprint density at radius 1 is 1.28 bits per heavy atom. The summed E-state index contributed by atoms with van der Waals surface area (Å²) in [6.45, 7) is 11.0. The van der Waals surface area contributed by atoms with Gasteiger partial charge < -0.3 is 19.7 Å². The largest absolute Gasteiger partial charge is 0.497 e. The summed E-state index contributed by atoms with van der Waals surface area (Å²) < 4.78 is 39.7. The first-order chi connectivity index (χ1) is 15.3. The highest BCUT2D eigenvalue weighted by Gasteiger charge is 2.36. The lowest BCUT2D eigenvalue weighted by atomic mass is 10.1. The number of rotatable bonds is 12. The summed E-state index contributed by atoms with van der Waals surface area (Å²) in [7, 11) is -2.13. The second-order valence-electron chi connectivity index (χ2n) is 7.78. The van der Waals surface area contributed by atoms with Gasteiger partial charge in [0.05, 0.1) is 24.7 Å². The van der Waals surface area contributed by atoms with E-state index in [4.69, 9.17) is 9.47 Å². The van der Waals surface area contributed by atoms with E-state index in [-0.39, 0.29) is 25.2 Å². The zero-order valence-corrected chi connectivity index (χ0v) is 21.5. The number of hydrogen-bond acceptors (Lipinski definition) is 7. The molecule has 1 aliphatic heterocycles. The lowest BCUT2D eigenvalue weighted by Crippen LogP contribution is -2.49. The zero-order valence-electron chi connectivity index (χ0n) is 19.8. The molecule has 1 aromatic rings. The second kappa shape index (κ2) is 12.8. The minimum Gasteiger partial charge on any atom is -0.497 e. The zero-order chi connectivity index (χ0) is 23.7. The summed E-state index contributed by atoms with van der Waals surface area (Å²) in [5.74, 6) is 1.93. The van der Waals surface area contributed by atoms with Crippen molar-refractivity contribution in [2.75, 3.05) is 64.6 Å². The van der Waals surface area contributed by atoms with Crippen molar-refractivity contribution in [3.63, 3.8) is 0 Å². The number of benzene rings is 1. The second-order valence-corrected chi connectivity index (χ2v) is 10.8. The summed E-state index contributed by atoms with van der Waals surface area (Å²) >= 11 is 1.71. The summed E-state index contributed by atoms with van der Waals surface area (Å²) in [6.07, 6.45) is 0. The Morgan fingerprint density at radius 3 is 2.56 bits per heavy atom. The van der Waals surface area contributed by atoms with Crippen molar-refractivity contribution in [1.29, 1.82) is 0 Å². The number of likely N-dealkylation sites (N-methyl/N-ethyl adjacent to an activating group) is 2. The van der Waals surface area contributed by atoms with Crippen LogP contribution < -0.4 is 10.1 Å².